The van der Waals surface area contributed by atoms with Crippen molar-refractivity contribution in [1.82, 2.24) is 5.32 Å². The molecule has 2 N–H and O–H groups in total. The first-order valence-electron chi connectivity index (χ1n) is 5.82. The number of hydrogen-bond donors (Lipinski definition) is 2. The van der Waals surface area contributed by atoms with E-state index in [0.29, 0.717) is 5.69 Å². The average molecular weight is 254 g/mol. The Kier molecular flexibility index (Phi) is 3.40. The van der Waals surface area contributed by atoms with Crippen molar-refractivity contribution in [2.75, 3.05) is 11.8 Å². The molecule has 0 spiro atoms. The summed E-state index contributed by atoms with van der Waals surface area (Å²) in [6, 6.07) is 7.76. The molecule has 1 fully saturated rings. The van der Waals surface area contributed by atoms with Crippen LogP contribution >= 0.6 is 0 Å². The quantitative estimate of drug-likeness (QED) is 0.843. The molecule has 0 amide bonds. The molecule has 1 saturated carbocycles. The van der Waals surface area contributed by atoms with Crippen LogP contribution in [0.5, 0.6) is 0 Å². The van der Waals surface area contributed by atoms with Crippen molar-refractivity contribution in [3.8, 4) is 0 Å². The highest BCUT2D eigenvalue weighted by Gasteiger charge is 2.35. The summed E-state index contributed by atoms with van der Waals surface area (Å²) in [5, 5.41) is 2.96. The fourth-order valence-electron chi connectivity index (χ4n) is 1.63. The zero-order valence-electron chi connectivity index (χ0n) is 10.1. The molecule has 1 unspecified atom stereocenters. The van der Waals surface area contributed by atoms with Gasteiger partial charge in [0.2, 0.25) is 10.0 Å². The topological polar surface area (TPSA) is 58.2 Å². The molecule has 2 rings (SSSR count). The molecule has 1 aliphatic carbocycles. The molecular weight excluding hydrogens is 236 g/mol. The van der Waals surface area contributed by atoms with E-state index < -0.39 is 10.0 Å². The molecule has 17 heavy (non-hydrogen) atoms. The Hall–Kier alpha value is -1.07. The molecule has 94 valence electrons. The summed E-state index contributed by atoms with van der Waals surface area (Å²) >= 11 is 0. The third-order valence-electron chi connectivity index (χ3n) is 3.07. The van der Waals surface area contributed by atoms with Gasteiger partial charge in [0.05, 0.1) is 5.25 Å². The third kappa shape index (κ3) is 2.98. The lowest BCUT2D eigenvalue weighted by Crippen LogP contribution is -2.17. The molecule has 0 aliphatic heterocycles. The predicted octanol–water partition coefficient (Wildman–Crippen LogP) is 1.87. The van der Waals surface area contributed by atoms with Gasteiger partial charge in [0.1, 0.15) is 0 Å². The predicted molar refractivity (Wildman–Crippen MR) is 69.5 cm³/mol. The molecule has 0 bridgehead atoms. The van der Waals surface area contributed by atoms with E-state index >= 15 is 0 Å². The van der Waals surface area contributed by atoms with E-state index in [0.717, 1.165) is 18.4 Å². The van der Waals surface area contributed by atoms with Gasteiger partial charge >= 0.3 is 0 Å². The van der Waals surface area contributed by atoms with Gasteiger partial charge in [0, 0.05) is 11.7 Å². The van der Waals surface area contributed by atoms with Crippen LogP contribution in [0.15, 0.2) is 24.3 Å². The lowest BCUT2D eigenvalue weighted by molar-refractivity contribution is 0.600. The van der Waals surface area contributed by atoms with E-state index in [1.54, 1.807) is 0 Å². The highest BCUT2D eigenvalue weighted by Crippen LogP contribution is 2.29. The van der Waals surface area contributed by atoms with Crippen molar-refractivity contribution in [1.29, 1.82) is 0 Å². The molecule has 0 heterocycles. The van der Waals surface area contributed by atoms with Crippen molar-refractivity contribution >= 4 is 15.7 Å². The lowest BCUT2D eigenvalue weighted by Gasteiger charge is -2.12. The molecule has 1 aliphatic rings. The number of rotatable bonds is 5. The maximum absolute atomic E-state index is 11.7. The Morgan fingerprint density at radius 2 is 1.82 bits per heavy atom. The zero-order valence-corrected chi connectivity index (χ0v) is 10.9. The van der Waals surface area contributed by atoms with Crippen LogP contribution in [0.25, 0.3) is 0 Å². The van der Waals surface area contributed by atoms with Crippen molar-refractivity contribution in [3.05, 3.63) is 29.8 Å². The second kappa shape index (κ2) is 4.66. The second-order valence-corrected chi connectivity index (χ2v) is 6.44. The maximum atomic E-state index is 11.7. The van der Waals surface area contributed by atoms with Crippen LogP contribution in [0.3, 0.4) is 0 Å². The normalized spacial score (nSPS) is 17.8. The monoisotopic (exact) mass is 254 g/mol. The fraction of sp³-hybridized carbons (Fsp3) is 0.500. The van der Waals surface area contributed by atoms with Crippen LogP contribution in [0.4, 0.5) is 5.69 Å². The Morgan fingerprint density at radius 3 is 2.29 bits per heavy atom. The number of hydrogen-bond acceptors (Lipinski definition) is 3. The third-order valence-corrected chi connectivity index (χ3v) is 4.94. The summed E-state index contributed by atoms with van der Waals surface area (Å²) in [5.41, 5.74) is 1.78. The van der Waals surface area contributed by atoms with E-state index in [2.05, 4.69) is 17.0 Å². The highest BCUT2D eigenvalue weighted by atomic mass is 32.2. The van der Waals surface area contributed by atoms with Crippen molar-refractivity contribution in [3.63, 3.8) is 0 Å². The van der Waals surface area contributed by atoms with Crippen molar-refractivity contribution in [2.45, 2.75) is 31.1 Å². The largest absolute Gasteiger partial charge is 0.313 e. The molecule has 4 nitrogen and oxygen atoms in total. The summed E-state index contributed by atoms with van der Waals surface area (Å²) in [4.78, 5) is 0. The molecule has 1 aromatic carbocycles. The van der Waals surface area contributed by atoms with Crippen molar-refractivity contribution < 1.29 is 8.42 Å². The SMILES string of the molecule is CNC(C)c1ccc(NS(=O)(=O)C2CC2)cc1. The van der Waals surface area contributed by atoms with E-state index in [1.807, 2.05) is 31.3 Å². The van der Waals surface area contributed by atoms with Crippen LogP contribution in [-0.4, -0.2) is 20.7 Å². The van der Waals surface area contributed by atoms with Gasteiger partial charge in [-0.3, -0.25) is 4.72 Å². The van der Waals surface area contributed by atoms with Crippen LogP contribution in [0, 0.1) is 0 Å². The first kappa shape index (κ1) is 12.4. The number of sulfonamides is 1. The minimum atomic E-state index is -3.14. The van der Waals surface area contributed by atoms with Crippen molar-refractivity contribution in [2.24, 2.45) is 0 Å². The second-order valence-electron chi connectivity index (χ2n) is 4.48. The Morgan fingerprint density at radius 1 is 1.24 bits per heavy atom. The van der Waals surface area contributed by atoms with E-state index in [4.69, 9.17) is 0 Å². The van der Waals surface area contributed by atoms with Crippen LogP contribution in [-0.2, 0) is 10.0 Å². The van der Waals surface area contributed by atoms with Gasteiger partial charge in [0.25, 0.3) is 0 Å². The van der Waals surface area contributed by atoms with Gasteiger partial charge in [-0.2, -0.15) is 0 Å². The standard InChI is InChI=1S/C12H18N2O2S/c1-9(13-2)10-3-5-11(6-4-10)14-17(15,16)12-7-8-12/h3-6,9,12-14H,7-8H2,1-2H3. The van der Waals surface area contributed by atoms with Gasteiger partial charge in [-0.25, -0.2) is 8.42 Å². The average Bonchev–Trinajstić information content (AvgIpc) is 3.12. The number of anilines is 1. The minimum Gasteiger partial charge on any atom is -0.313 e. The molecule has 5 heteroatoms. The van der Waals surface area contributed by atoms with Gasteiger partial charge in [-0.15, -0.1) is 0 Å². The van der Waals surface area contributed by atoms with Gasteiger partial charge in [-0.05, 0) is 44.5 Å². The first-order valence-corrected chi connectivity index (χ1v) is 7.36. The maximum Gasteiger partial charge on any atom is 0.235 e. The van der Waals surface area contributed by atoms with Gasteiger partial charge in [-0.1, -0.05) is 12.1 Å². The summed E-state index contributed by atoms with van der Waals surface area (Å²) in [5.74, 6) is 0. The summed E-state index contributed by atoms with van der Waals surface area (Å²) in [6.07, 6.45) is 1.56. The Bertz CT molecular complexity index is 478. The Labute approximate surface area is 102 Å². The number of nitrogens with one attached hydrogen (secondary N) is 2. The number of benzene rings is 1. The molecular formula is C12H18N2O2S. The van der Waals surface area contributed by atoms with E-state index in [-0.39, 0.29) is 11.3 Å². The summed E-state index contributed by atoms with van der Waals surface area (Å²) in [7, 11) is -1.25. The molecule has 0 saturated heterocycles. The zero-order chi connectivity index (χ0) is 12.5. The Balaban J connectivity index is 2.08. The summed E-state index contributed by atoms with van der Waals surface area (Å²) in [6.45, 7) is 2.06. The molecule has 1 atom stereocenters. The van der Waals surface area contributed by atoms with E-state index in [1.165, 1.54) is 0 Å². The molecule has 1 aromatic rings. The fourth-order valence-corrected chi connectivity index (χ4v) is 3.02. The summed E-state index contributed by atoms with van der Waals surface area (Å²) < 4.78 is 26.0. The molecule has 0 aromatic heterocycles. The van der Waals surface area contributed by atoms with Gasteiger partial charge < -0.3 is 5.32 Å². The van der Waals surface area contributed by atoms with Crippen LogP contribution in [0.2, 0.25) is 0 Å². The molecule has 0 radical (unpaired) electrons. The highest BCUT2D eigenvalue weighted by molar-refractivity contribution is 7.93. The van der Waals surface area contributed by atoms with Crippen LogP contribution < -0.4 is 10.0 Å². The van der Waals surface area contributed by atoms with E-state index in [9.17, 15) is 8.42 Å². The van der Waals surface area contributed by atoms with Crippen LogP contribution in [0.1, 0.15) is 31.4 Å². The lowest BCUT2D eigenvalue weighted by atomic mass is 10.1. The minimum absolute atomic E-state index is 0.182. The van der Waals surface area contributed by atoms with Gasteiger partial charge in [0.15, 0.2) is 0 Å². The first-order chi connectivity index (χ1) is 8.03. The smallest absolute Gasteiger partial charge is 0.235 e.